The van der Waals surface area contributed by atoms with Crippen molar-refractivity contribution in [3.63, 3.8) is 0 Å². The van der Waals surface area contributed by atoms with Crippen LogP contribution in [0, 0.1) is 0 Å². The van der Waals surface area contributed by atoms with E-state index in [9.17, 15) is 4.79 Å². The van der Waals surface area contributed by atoms with Crippen molar-refractivity contribution in [1.82, 2.24) is 10.2 Å². The van der Waals surface area contributed by atoms with Crippen molar-refractivity contribution >= 4 is 6.03 Å². The predicted octanol–water partition coefficient (Wildman–Crippen LogP) is 2.92. The Kier molecular flexibility index (Phi) is 7.20. The summed E-state index contributed by atoms with van der Waals surface area (Å²) in [5.74, 6) is 0.707. The molecule has 0 saturated heterocycles. The van der Waals surface area contributed by atoms with Crippen LogP contribution in [0.5, 0.6) is 5.75 Å². The summed E-state index contributed by atoms with van der Waals surface area (Å²) in [7, 11) is 1.89. The number of hydrogen-bond acceptors (Lipinski definition) is 3. The molecule has 5 nitrogen and oxygen atoms in total. The summed E-state index contributed by atoms with van der Waals surface area (Å²) in [4.78, 5) is 14.2. The minimum atomic E-state index is -0.0335. The van der Waals surface area contributed by atoms with Crippen molar-refractivity contribution in [3.8, 4) is 5.75 Å². The number of carbonyl (C=O) groups excluding carboxylic acids is 1. The van der Waals surface area contributed by atoms with Crippen molar-refractivity contribution in [3.05, 3.63) is 29.8 Å². The van der Waals surface area contributed by atoms with Crippen LogP contribution in [-0.4, -0.2) is 42.3 Å². The number of aliphatic hydroxyl groups excluding tert-OH is 1. The fraction of sp³-hybridized carbons (Fsp3) is 0.611. The van der Waals surface area contributed by atoms with E-state index in [-0.39, 0.29) is 19.2 Å². The van der Waals surface area contributed by atoms with Gasteiger partial charge in [0.05, 0.1) is 6.61 Å². The molecule has 0 spiro atoms. The first-order valence-electron chi connectivity index (χ1n) is 8.54. The number of hydrogen-bond donors (Lipinski definition) is 2. The number of nitrogens with zero attached hydrogens (tertiary/aromatic N) is 1. The van der Waals surface area contributed by atoms with Crippen LogP contribution in [0.2, 0.25) is 0 Å². The van der Waals surface area contributed by atoms with Gasteiger partial charge in [-0.2, -0.15) is 0 Å². The third kappa shape index (κ3) is 5.43. The molecule has 0 radical (unpaired) electrons. The summed E-state index contributed by atoms with van der Waals surface area (Å²) in [5, 5.41) is 11.9. The van der Waals surface area contributed by atoms with Crippen LogP contribution in [0.4, 0.5) is 4.79 Å². The van der Waals surface area contributed by atoms with Gasteiger partial charge in [0.25, 0.3) is 0 Å². The van der Waals surface area contributed by atoms with E-state index in [1.54, 1.807) is 0 Å². The number of ether oxygens (including phenoxy) is 1. The van der Waals surface area contributed by atoms with Crippen molar-refractivity contribution in [2.75, 3.05) is 20.3 Å². The lowest BCUT2D eigenvalue weighted by atomic mass is 10.1. The van der Waals surface area contributed by atoms with E-state index in [1.807, 2.05) is 36.2 Å². The summed E-state index contributed by atoms with van der Waals surface area (Å²) in [6.45, 7) is 0.662. The largest absolute Gasteiger partial charge is 0.491 e. The molecule has 2 amide bonds. The second-order valence-corrected chi connectivity index (χ2v) is 6.09. The number of para-hydroxylation sites is 1. The number of aliphatic hydroxyl groups is 1. The molecule has 2 rings (SSSR count). The Labute approximate surface area is 138 Å². The molecule has 1 aliphatic carbocycles. The minimum Gasteiger partial charge on any atom is -0.491 e. The van der Waals surface area contributed by atoms with Gasteiger partial charge >= 0.3 is 6.03 Å². The molecular weight excluding hydrogens is 292 g/mol. The van der Waals surface area contributed by atoms with Gasteiger partial charge in [0.15, 0.2) is 0 Å². The predicted molar refractivity (Wildman–Crippen MR) is 90.5 cm³/mol. The Hall–Kier alpha value is -1.75. The summed E-state index contributed by atoms with van der Waals surface area (Å²) >= 11 is 0. The normalized spacial score (nSPS) is 15.7. The highest BCUT2D eigenvalue weighted by Gasteiger charge is 2.21. The molecule has 1 aromatic rings. The molecule has 2 N–H and O–H groups in total. The van der Waals surface area contributed by atoms with Gasteiger partial charge in [0, 0.05) is 25.2 Å². The van der Waals surface area contributed by atoms with E-state index in [2.05, 4.69) is 5.32 Å². The van der Waals surface area contributed by atoms with E-state index in [0.29, 0.717) is 18.3 Å². The van der Waals surface area contributed by atoms with Gasteiger partial charge in [-0.05, 0) is 18.9 Å². The molecule has 1 fully saturated rings. The van der Waals surface area contributed by atoms with Gasteiger partial charge in [-0.25, -0.2) is 4.79 Å². The van der Waals surface area contributed by atoms with E-state index in [0.717, 1.165) is 18.4 Å². The summed E-state index contributed by atoms with van der Waals surface area (Å²) < 4.78 is 5.50. The summed E-state index contributed by atoms with van der Waals surface area (Å²) in [5.41, 5.74) is 0.920. The topological polar surface area (TPSA) is 61.8 Å². The minimum absolute atomic E-state index is 0.0227. The number of carbonyl (C=O) groups is 1. The average Bonchev–Trinajstić information content (AvgIpc) is 2.87. The van der Waals surface area contributed by atoms with Crippen LogP contribution in [-0.2, 0) is 6.54 Å². The highest BCUT2D eigenvalue weighted by atomic mass is 16.5. The smallest absolute Gasteiger partial charge is 0.317 e. The van der Waals surface area contributed by atoms with Crippen molar-refractivity contribution in [1.29, 1.82) is 0 Å². The van der Waals surface area contributed by atoms with Gasteiger partial charge in [-0.1, -0.05) is 43.9 Å². The molecule has 128 valence electrons. The lowest BCUT2D eigenvalue weighted by molar-refractivity contribution is 0.183. The second kappa shape index (κ2) is 9.40. The molecule has 0 aliphatic heterocycles. The SMILES string of the molecule is CN(C(=O)NCc1ccccc1OCCO)C1CCCCCC1. The Balaban J connectivity index is 1.88. The molecule has 0 bridgehead atoms. The zero-order valence-corrected chi connectivity index (χ0v) is 14.0. The molecule has 0 atom stereocenters. The third-order valence-electron chi connectivity index (χ3n) is 4.44. The van der Waals surface area contributed by atoms with Crippen LogP contribution in [0.25, 0.3) is 0 Å². The van der Waals surface area contributed by atoms with E-state index in [4.69, 9.17) is 9.84 Å². The molecule has 0 heterocycles. The Morgan fingerprint density at radius 1 is 1.26 bits per heavy atom. The maximum absolute atomic E-state index is 12.4. The molecule has 1 saturated carbocycles. The summed E-state index contributed by atoms with van der Waals surface area (Å²) in [6.07, 6.45) is 7.17. The van der Waals surface area contributed by atoms with Crippen LogP contribution < -0.4 is 10.1 Å². The molecule has 1 aromatic carbocycles. The Bertz CT molecular complexity index is 485. The first kappa shape index (κ1) is 17.6. The highest BCUT2D eigenvalue weighted by Crippen LogP contribution is 2.21. The van der Waals surface area contributed by atoms with Crippen LogP contribution in [0.1, 0.15) is 44.1 Å². The standard InChI is InChI=1S/C18H28N2O3/c1-20(16-9-4-2-3-5-10-16)18(22)19-14-15-8-6-7-11-17(15)23-13-12-21/h6-8,11,16,21H,2-5,9-10,12-14H2,1H3,(H,19,22). The van der Waals surface area contributed by atoms with E-state index in [1.165, 1.54) is 25.7 Å². The first-order chi connectivity index (χ1) is 11.2. The molecular formula is C18H28N2O3. The zero-order chi connectivity index (χ0) is 16.5. The van der Waals surface area contributed by atoms with Crippen molar-refractivity contribution in [2.45, 2.75) is 51.1 Å². The van der Waals surface area contributed by atoms with Crippen molar-refractivity contribution < 1.29 is 14.6 Å². The first-order valence-corrected chi connectivity index (χ1v) is 8.54. The van der Waals surface area contributed by atoms with Crippen LogP contribution >= 0.6 is 0 Å². The van der Waals surface area contributed by atoms with E-state index >= 15 is 0 Å². The zero-order valence-electron chi connectivity index (χ0n) is 14.0. The lowest BCUT2D eigenvalue weighted by Gasteiger charge is -2.27. The van der Waals surface area contributed by atoms with Crippen molar-refractivity contribution in [2.24, 2.45) is 0 Å². The van der Waals surface area contributed by atoms with Crippen LogP contribution in [0.3, 0.4) is 0 Å². The fourth-order valence-electron chi connectivity index (χ4n) is 3.05. The number of nitrogens with one attached hydrogen (secondary N) is 1. The quantitative estimate of drug-likeness (QED) is 0.792. The molecule has 5 heteroatoms. The average molecular weight is 320 g/mol. The van der Waals surface area contributed by atoms with Gasteiger partial charge in [0.2, 0.25) is 0 Å². The maximum Gasteiger partial charge on any atom is 0.317 e. The van der Waals surface area contributed by atoms with E-state index < -0.39 is 0 Å². The van der Waals surface area contributed by atoms with Gasteiger partial charge in [0.1, 0.15) is 12.4 Å². The van der Waals surface area contributed by atoms with Gasteiger partial charge < -0.3 is 20.1 Å². The number of urea groups is 1. The van der Waals surface area contributed by atoms with Crippen LogP contribution in [0.15, 0.2) is 24.3 Å². The molecule has 0 aromatic heterocycles. The number of benzene rings is 1. The highest BCUT2D eigenvalue weighted by molar-refractivity contribution is 5.74. The third-order valence-corrected chi connectivity index (χ3v) is 4.44. The number of rotatable bonds is 6. The molecule has 0 unspecified atom stereocenters. The molecule has 1 aliphatic rings. The fourth-order valence-corrected chi connectivity index (χ4v) is 3.05. The second-order valence-electron chi connectivity index (χ2n) is 6.09. The maximum atomic E-state index is 12.4. The molecule has 23 heavy (non-hydrogen) atoms. The monoisotopic (exact) mass is 320 g/mol. The van der Waals surface area contributed by atoms with Gasteiger partial charge in [-0.3, -0.25) is 0 Å². The van der Waals surface area contributed by atoms with Gasteiger partial charge in [-0.15, -0.1) is 0 Å². The Morgan fingerprint density at radius 3 is 2.65 bits per heavy atom. The number of amides is 2. The lowest BCUT2D eigenvalue weighted by Crippen LogP contribution is -2.43. The summed E-state index contributed by atoms with van der Waals surface area (Å²) in [6, 6.07) is 7.90. The Morgan fingerprint density at radius 2 is 1.96 bits per heavy atom.